The van der Waals surface area contributed by atoms with Gasteiger partial charge in [0.2, 0.25) is 0 Å². The highest BCUT2D eigenvalue weighted by Crippen LogP contribution is 2.28. The molecule has 0 aromatic heterocycles. The summed E-state index contributed by atoms with van der Waals surface area (Å²) in [6.07, 6.45) is 4.75. The van der Waals surface area contributed by atoms with Crippen molar-refractivity contribution in [2.75, 3.05) is 0 Å². The Morgan fingerprint density at radius 2 is 1.81 bits per heavy atom. The van der Waals surface area contributed by atoms with E-state index in [1.54, 1.807) is 0 Å². The molecule has 1 aromatic rings. The summed E-state index contributed by atoms with van der Waals surface area (Å²) in [6, 6.07) is 3.79. The van der Waals surface area contributed by atoms with Crippen molar-refractivity contribution in [2.45, 2.75) is 32.1 Å². The van der Waals surface area contributed by atoms with Crippen LogP contribution in [0.2, 0.25) is 0 Å². The molecule has 0 saturated heterocycles. The maximum atomic E-state index is 13.4. The molecule has 3 heteroatoms. The molecule has 0 radical (unpaired) electrons. The summed E-state index contributed by atoms with van der Waals surface area (Å²) in [5, 5.41) is 0. The van der Waals surface area contributed by atoms with Crippen molar-refractivity contribution in [3.63, 3.8) is 0 Å². The number of halogens is 2. The summed E-state index contributed by atoms with van der Waals surface area (Å²) in [4.78, 5) is 12.0. The average molecular weight is 224 g/mol. The maximum absolute atomic E-state index is 13.4. The van der Waals surface area contributed by atoms with Gasteiger partial charge in [0, 0.05) is 5.92 Å². The smallest absolute Gasteiger partial charge is 0.169 e. The fourth-order valence-electron chi connectivity index (χ4n) is 2.28. The first-order valence-electron chi connectivity index (χ1n) is 5.68. The van der Waals surface area contributed by atoms with Gasteiger partial charge in [-0.1, -0.05) is 25.3 Å². The molecule has 1 aliphatic rings. The Balaban J connectivity index is 2.22. The monoisotopic (exact) mass is 224 g/mol. The van der Waals surface area contributed by atoms with Gasteiger partial charge in [-0.05, 0) is 25.0 Å². The summed E-state index contributed by atoms with van der Waals surface area (Å²) < 4.78 is 26.4. The van der Waals surface area contributed by atoms with Gasteiger partial charge in [0.05, 0.1) is 5.56 Å². The molecular formula is C13H14F2O. The average Bonchev–Trinajstić information content (AvgIpc) is 2.33. The van der Waals surface area contributed by atoms with Crippen molar-refractivity contribution in [3.8, 4) is 0 Å². The van der Waals surface area contributed by atoms with Gasteiger partial charge in [-0.25, -0.2) is 8.78 Å². The SMILES string of the molecule is O=C(c1cccc(F)c1F)C1CCCCC1. The minimum Gasteiger partial charge on any atom is -0.294 e. The molecule has 1 aromatic carbocycles. The maximum Gasteiger partial charge on any atom is 0.169 e. The standard InChI is InChI=1S/C13H14F2O/c14-11-8-4-7-10(12(11)15)13(16)9-5-2-1-3-6-9/h4,7-9H,1-3,5-6H2. The van der Waals surface area contributed by atoms with Gasteiger partial charge >= 0.3 is 0 Å². The van der Waals surface area contributed by atoms with Crippen LogP contribution in [0.25, 0.3) is 0 Å². The summed E-state index contributed by atoms with van der Waals surface area (Å²) in [5.41, 5.74) is -0.0908. The van der Waals surface area contributed by atoms with Gasteiger partial charge in [0.15, 0.2) is 17.4 Å². The van der Waals surface area contributed by atoms with Crippen LogP contribution in [-0.4, -0.2) is 5.78 Å². The summed E-state index contributed by atoms with van der Waals surface area (Å²) in [5.74, 6) is -2.30. The van der Waals surface area contributed by atoms with Crippen molar-refractivity contribution >= 4 is 5.78 Å². The van der Waals surface area contributed by atoms with Crippen molar-refractivity contribution in [1.82, 2.24) is 0 Å². The van der Waals surface area contributed by atoms with Crippen molar-refractivity contribution in [1.29, 1.82) is 0 Å². The summed E-state index contributed by atoms with van der Waals surface area (Å²) in [7, 11) is 0. The van der Waals surface area contributed by atoms with Crippen LogP contribution in [0.1, 0.15) is 42.5 Å². The molecule has 1 fully saturated rings. The highest BCUT2D eigenvalue weighted by atomic mass is 19.2. The minimum atomic E-state index is -1.00. The largest absolute Gasteiger partial charge is 0.294 e. The third kappa shape index (κ3) is 2.13. The number of carbonyl (C=O) groups excluding carboxylic acids is 1. The van der Waals surface area contributed by atoms with E-state index in [9.17, 15) is 13.6 Å². The topological polar surface area (TPSA) is 17.1 Å². The van der Waals surface area contributed by atoms with Crippen molar-refractivity contribution in [3.05, 3.63) is 35.4 Å². The lowest BCUT2D eigenvalue weighted by atomic mass is 9.84. The molecule has 0 N–H and O–H groups in total. The molecule has 86 valence electrons. The quantitative estimate of drug-likeness (QED) is 0.699. The third-order valence-corrected chi connectivity index (χ3v) is 3.19. The van der Waals surface area contributed by atoms with E-state index >= 15 is 0 Å². The molecule has 0 atom stereocenters. The van der Waals surface area contributed by atoms with Crippen LogP contribution in [0.15, 0.2) is 18.2 Å². The minimum absolute atomic E-state index is 0.0908. The van der Waals surface area contributed by atoms with E-state index in [4.69, 9.17) is 0 Å². The Morgan fingerprint density at radius 1 is 1.12 bits per heavy atom. The fraction of sp³-hybridized carbons (Fsp3) is 0.462. The van der Waals surface area contributed by atoms with Crippen LogP contribution in [0.3, 0.4) is 0 Å². The second-order valence-electron chi connectivity index (χ2n) is 4.30. The Morgan fingerprint density at radius 3 is 2.50 bits per heavy atom. The van der Waals surface area contributed by atoms with Crippen molar-refractivity contribution < 1.29 is 13.6 Å². The predicted molar refractivity (Wildman–Crippen MR) is 57.3 cm³/mol. The molecule has 1 aliphatic carbocycles. The van der Waals surface area contributed by atoms with Crippen LogP contribution in [0, 0.1) is 17.6 Å². The van der Waals surface area contributed by atoms with E-state index in [1.807, 2.05) is 0 Å². The molecular weight excluding hydrogens is 210 g/mol. The highest BCUT2D eigenvalue weighted by Gasteiger charge is 2.25. The molecule has 0 aliphatic heterocycles. The Labute approximate surface area is 93.5 Å². The number of Topliss-reactive ketones (excluding diaryl/α,β-unsaturated/α-hetero) is 1. The zero-order chi connectivity index (χ0) is 11.5. The normalized spacial score (nSPS) is 17.4. The Kier molecular flexibility index (Phi) is 3.32. The van der Waals surface area contributed by atoms with E-state index in [-0.39, 0.29) is 17.3 Å². The van der Waals surface area contributed by atoms with E-state index < -0.39 is 11.6 Å². The molecule has 0 bridgehead atoms. The number of hydrogen-bond donors (Lipinski definition) is 0. The molecule has 1 saturated carbocycles. The number of ketones is 1. The number of hydrogen-bond acceptors (Lipinski definition) is 1. The van der Waals surface area contributed by atoms with Gasteiger partial charge in [-0.15, -0.1) is 0 Å². The van der Waals surface area contributed by atoms with Gasteiger partial charge < -0.3 is 0 Å². The van der Waals surface area contributed by atoms with Gasteiger partial charge in [-0.3, -0.25) is 4.79 Å². The first-order valence-corrected chi connectivity index (χ1v) is 5.68. The van der Waals surface area contributed by atoms with Crippen LogP contribution < -0.4 is 0 Å². The van der Waals surface area contributed by atoms with Crippen LogP contribution in [-0.2, 0) is 0 Å². The van der Waals surface area contributed by atoms with Crippen LogP contribution in [0.5, 0.6) is 0 Å². The summed E-state index contributed by atoms with van der Waals surface area (Å²) in [6.45, 7) is 0. The number of benzene rings is 1. The van der Waals surface area contributed by atoms with E-state index in [0.717, 1.165) is 38.2 Å². The van der Waals surface area contributed by atoms with Gasteiger partial charge in [0.25, 0.3) is 0 Å². The van der Waals surface area contributed by atoms with Gasteiger partial charge in [-0.2, -0.15) is 0 Å². The second-order valence-corrected chi connectivity index (χ2v) is 4.30. The predicted octanol–water partition coefficient (Wildman–Crippen LogP) is 3.73. The van der Waals surface area contributed by atoms with E-state index in [0.29, 0.717) is 0 Å². The molecule has 0 heterocycles. The molecule has 0 unspecified atom stereocenters. The Bertz CT molecular complexity index is 395. The van der Waals surface area contributed by atoms with Crippen LogP contribution >= 0.6 is 0 Å². The van der Waals surface area contributed by atoms with Crippen molar-refractivity contribution in [2.24, 2.45) is 5.92 Å². The fourth-order valence-corrected chi connectivity index (χ4v) is 2.28. The van der Waals surface area contributed by atoms with Gasteiger partial charge in [0.1, 0.15) is 0 Å². The molecule has 16 heavy (non-hydrogen) atoms. The lowest BCUT2D eigenvalue weighted by molar-refractivity contribution is 0.0884. The first kappa shape index (κ1) is 11.2. The molecule has 0 spiro atoms. The van der Waals surface area contributed by atoms with E-state index in [2.05, 4.69) is 0 Å². The molecule has 2 rings (SSSR count). The van der Waals surface area contributed by atoms with Crippen LogP contribution in [0.4, 0.5) is 8.78 Å². The number of carbonyl (C=O) groups is 1. The lowest BCUT2D eigenvalue weighted by Crippen LogP contribution is -2.19. The third-order valence-electron chi connectivity index (χ3n) is 3.19. The molecule has 0 amide bonds. The lowest BCUT2D eigenvalue weighted by Gasteiger charge is -2.20. The first-order chi connectivity index (χ1) is 7.70. The highest BCUT2D eigenvalue weighted by molar-refractivity contribution is 5.98. The molecule has 1 nitrogen and oxygen atoms in total. The summed E-state index contributed by atoms with van der Waals surface area (Å²) >= 11 is 0. The van der Waals surface area contributed by atoms with E-state index in [1.165, 1.54) is 12.1 Å². The zero-order valence-electron chi connectivity index (χ0n) is 9.01. The number of rotatable bonds is 2. The second kappa shape index (κ2) is 4.73. The Hall–Kier alpha value is -1.25. The zero-order valence-corrected chi connectivity index (χ0v) is 9.01.